The van der Waals surface area contributed by atoms with Crippen LogP contribution in [0.5, 0.6) is 0 Å². The largest absolute Gasteiger partial charge is 0.379 e. The van der Waals surface area contributed by atoms with Gasteiger partial charge in [0, 0.05) is 19.6 Å². The minimum atomic E-state index is -0.837. The number of nitrogens with zero attached hydrogens (tertiary/aromatic N) is 3. The van der Waals surface area contributed by atoms with Gasteiger partial charge in [0.25, 0.3) is 17.3 Å². The van der Waals surface area contributed by atoms with Gasteiger partial charge < -0.3 is 10.1 Å². The van der Waals surface area contributed by atoms with Crippen LogP contribution < -0.4 is 5.32 Å². The Kier molecular flexibility index (Phi) is 7.25. The first-order chi connectivity index (χ1) is 12.4. The maximum Gasteiger partial charge on any atom is 0.294 e. The van der Waals surface area contributed by atoms with Gasteiger partial charge in [0.2, 0.25) is 0 Å². The minimum absolute atomic E-state index is 0.293. The number of carbonyl (C=O) groups is 1. The number of morpholine rings is 1. The van der Waals surface area contributed by atoms with Crippen LogP contribution in [0.1, 0.15) is 23.2 Å². The second-order valence-corrected chi connectivity index (χ2v) is 6.16. The summed E-state index contributed by atoms with van der Waals surface area (Å²) >= 11 is 5.75. The van der Waals surface area contributed by atoms with Crippen molar-refractivity contribution in [1.29, 1.82) is 0 Å². The number of nitro groups is 2. The second kappa shape index (κ2) is 9.41. The number of halogens is 1. The topological polar surface area (TPSA) is 128 Å². The average Bonchev–Trinajstić information content (AvgIpc) is 2.61. The minimum Gasteiger partial charge on any atom is -0.379 e. The number of ether oxygens (including phenoxy) is 1. The van der Waals surface area contributed by atoms with Crippen molar-refractivity contribution in [3.05, 3.63) is 42.9 Å². The number of benzene rings is 1. The standard InChI is InChI=1S/C15H19ClN4O6/c16-12-9-11(13(19(22)23)10-14(12)20(24)25)15(21)17-3-1-2-4-18-5-7-26-8-6-18/h9-10H,1-8H2,(H,17,21). The van der Waals surface area contributed by atoms with Crippen molar-refractivity contribution in [2.45, 2.75) is 12.8 Å². The van der Waals surface area contributed by atoms with Gasteiger partial charge in [0.05, 0.1) is 29.1 Å². The van der Waals surface area contributed by atoms with E-state index in [-0.39, 0.29) is 10.6 Å². The van der Waals surface area contributed by atoms with Gasteiger partial charge in [-0.25, -0.2) is 0 Å². The zero-order chi connectivity index (χ0) is 19.1. The number of amides is 1. The fourth-order valence-electron chi connectivity index (χ4n) is 2.61. The first-order valence-corrected chi connectivity index (χ1v) is 8.48. The van der Waals surface area contributed by atoms with E-state index in [9.17, 15) is 25.0 Å². The Morgan fingerprint density at radius 1 is 1.15 bits per heavy atom. The summed E-state index contributed by atoms with van der Waals surface area (Å²) in [6.45, 7) is 4.46. The summed E-state index contributed by atoms with van der Waals surface area (Å²) in [5, 5.41) is 24.2. The highest BCUT2D eigenvalue weighted by atomic mass is 35.5. The van der Waals surface area contributed by atoms with Gasteiger partial charge >= 0.3 is 0 Å². The molecule has 0 bridgehead atoms. The van der Waals surface area contributed by atoms with Crippen LogP contribution in [0.2, 0.25) is 5.02 Å². The molecule has 1 N–H and O–H groups in total. The lowest BCUT2D eigenvalue weighted by Gasteiger charge is -2.26. The predicted octanol–water partition coefficient (Wildman–Crippen LogP) is 2.00. The molecule has 142 valence electrons. The molecule has 0 spiro atoms. The normalized spacial score (nSPS) is 14.8. The third kappa shape index (κ3) is 5.35. The monoisotopic (exact) mass is 386 g/mol. The molecule has 1 amide bonds. The molecule has 1 fully saturated rings. The van der Waals surface area contributed by atoms with Crippen LogP contribution in [0.3, 0.4) is 0 Å². The third-order valence-corrected chi connectivity index (χ3v) is 4.30. The molecule has 0 atom stereocenters. The Balaban J connectivity index is 1.90. The van der Waals surface area contributed by atoms with Crippen LogP contribution >= 0.6 is 11.6 Å². The number of carbonyl (C=O) groups excluding carboxylic acids is 1. The number of nitrogens with one attached hydrogen (secondary N) is 1. The molecule has 0 aromatic heterocycles. The molecule has 0 saturated carbocycles. The number of hydrogen-bond donors (Lipinski definition) is 1. The van der Waals surface area contributed by atoms with E-state index < -0.39 is 27.1 Å². The van der Waals surface area contributed by atoms with Crippen molar-refractivity contribution in [2.24, 2.45) is 0 Å². The zero-order valence-corrected chi connectivity index (χ0v) is 14.7. The molecule has 1 aromatic carbocycles. The zero-order valence-electron chi connectivity index (χ0n) is 14.0. The molecule has 11 heteroatoms. The molecule has 26 heavy (non-hydrogen) atoms. The van der Waals surface area contributed by atoms with E-state index in [0.717, 1.165) is 45.3 Å². The smallest absolute Gasteiger partial charge is 0.294 e. The maximum absolute atomic E-state index is 12.2. The molecular formula is C15H19ClN4O6. The summed E-state index contributed by atoms with van der Waals surface area (Å²) in [4.78, 5) is 34.7. The Labute approximate surface area is 154 Å². The van der Waals surface area contributed by atoms with E-state index in [2.05, 4.69) is 10.2 Å². The fraction of sp³-hybridized carbons (Fsp3) is 0.533. The van der Waals surface area contributed by atoms with Crippen LogP contribution in [0, 0.1) is 20.2 Å². The van der Waals surface area contributed by atoms with Crippen molar-refractivity contribution < 1.29 is 19.4 Å². The van der Waals surface area contributed by atoms with Crippen molar-refractivity contribution in [3.63, 3.8) is 0 Å². The summed E-state index contributed by atoms with van der Waals surface area (Å²) in [7, 11) is 0. The Hall–Kier alpha value is -2.30. The van der Waals surface area contributed by atoms with Crippen LogP contribution in [0.15, 0.2) is 12.1 Å². The molecule has 1 aliphatic rings. The first kappa shape index (κ1) is 20.0. The first-order valence-electron chi connectivity index (χ1n) is 8.10. The molecule has 0 radical (unpaired) electrons. The lowest BCUT2D eigenvalue weighted by atomic mass is 10.1. The van der Waals surface area contributed by atoms with Gasteiger partial charge in [-0.1, -0.05) is 11.6 Å². The Bertz CT molecular complexity index is 693. The SMILES string of the molecule is O=C(NCCCCN1CCOCC1)c1cc(Cl)c([N+](=O)[O-])cc1[N+](=O)[O-]. The third-order valence-electron chi connectivity index (χ3n) is 3.99. The van der Waals surface area contributed by atoms with Gasteiger partial charge in [-0.15, -0.1) is 0 Å². The molecule has 0 unspecified atom stereocenters. The van der Waals surface area contributed by atoms with Crippen molar-refractivity contribution in [3.8, 4) is 0 Å². The highest BCUT2D eigenvalue weighted by molar-refractivity contribution is 6.33. The maximum atomic E-state index is 12.2. The van der Waals surface area contributed by atoms with E-state index in [1.807, 2.05) is 0 Å². The lowest BCUT2D eigenvalue weighted by molar-refractivity contribution is -0.394. The quantitative estimate of drug-likeness (QED) is 0.411. The van der Waals surface area contributed by atoms with Crippen LogP contribution in [-0.4, -0.2) is 60.0 Å². The van der Waals surface area contributed by atoms with E-state index in [1.54, 1.807) is 0 Å². The van der Waals surface area contributed by atoms with Gasteiger partial charge in [-0.05, 0) is 25.5 Å². The molecule has 0 aliphatic carbocycles. The van der Waals surface area contributed by atoms with Crippen molar-refractivity contribution in [1.82, 2.24) is 10.2 Å². The Morgan fingerprint density at radius 3 is 2.42 bits per heavy atom. The van der Waals surface area contributed by atoms with Crippen molar-refractivity contribution in [2.75, 3.05) is 39.4 Å². The second-order valence-electron chi connectivity index (χ2n) is 5.75. The van der Waals surface area contributed by atoms with Gasteiger partial charge in [-0.3, -0.25) is 29.9 Å². The molecule has 1 aliphatic heterocycles. The summed E-state index contributed by atoms with van der Waals surface area (Å²) in [5.74, 6) is -0.681. The van der Waals surface area contributed by atoms with E-state index in [0.29, 0.717) is 19.0 Å². The molecular weight excluding hydrogens is 368 g/mol. The van der Waals surface area contributed by atoms with Crippen molar-refractivity contribution >= 4 is 28.9 Å². The lowest BCUT2D eigenvalue weighted by Crippen LogP contribution is -2.37. The molecule has 1 aromatic rings. The number of unbranched alkanes of at least 4 members (excludes halogenated alkanes) is 1. The van der Waals surface area contributed by atoms with Crippen LogP contribution in [0.4, 0.5) is 11.4 Å². The highest BCUT2D eigenvalue weighted by Crippen LogP contribution is 2.32. The molecule has 1 saturated heterocycles. The summed E-state index contributed by atoms with van der Waals surface area (Å²) in [5.41, 5.74) is -1.55. The highest BCUT2D eigenvalue weighted by Gasteiger charge is 2.27. The van der Waals surface area contributed by atoms with E-state index in [1.165, 1.54) is 0 Å². The fourth-order valence-corrected chi connectivity index (χ4v) is 2.84. The predicted molar refractivity (Wildman–Crippen MR) is 93.6 cm³/mol. The molecule has 2 rings (SSSR count). The van der Waals surface area contributed by atoms with E-state index in [4.69, 9.17) is 16.3 Å². The summed E-state index contributed by atoms with van der Waals surface area (Å²) in [6, 6.07) is 1.66. The molecule has 10 nitrogen and oxygen atoms in total. The number of nitro benzene ring substituents is 2. The van der Waals surface area contributed by atoms with E-state index >= 15 is 0 Å². The number of rotatable bonds is 8. The van der Waals surface area contributed by atoms with Crippen LogP contribution in [0.25, 0.3) is 0 Å². The van der Waals surface area contributed by atoms with Gasteiger partial charge in [0.15, 0.2) is 0 Å². The molecule has 1 heterocycles. The van der Waals surface area contributed by atoms with Gasteiger partial charge in [-0.2, -0.15) is 0 Å². The van der Waals surface area contributed by atoms with Crippen LogP contribution in [-0.2, 0) is 4.74 Å². The summed E-state index contributed by atoms with van der Waals surface area (Å²) < 4.78 is 5.26. The number of hydrogen-bond acceptors (Lipinski definition) is 7. The summed E-state index contributed by atoms with van der Waals surface area (Å²) in [6.07, 6.45) is 1.57. The average molecular weight is 387 g/mol. The Morgan fingerprint density at radius 2 is 1.81 bits per heavy atom. The van der Waals surface area contributed by atoms with Gasteiger partial charge in [0.1, 0.15) is 10.6 Å².